The lowest BCUT2D eigenvalue weighted by atomic mass is 9.98. The Bertz CT molecular complexity index is 313. The van der Waals surface area contributed by atoms with Gasteiger partial charge in [0.2, 0.25) is 11.8 Å². The van der Waals surface area contributed by atoms with Gasteiger partial charge in [-0.1, -0.05) is 0 Å². The van der Waals surface area contributed by atoms with Crippen molar-refractivity contribution >= 4 is 11.8 Å². The van der Waals surface area contributed by atoms with Gasteiger partial charge in [0.05, 0.1) is 5.92 Å². The molecule has 0 aromatic rings. The number of nitrogens with one attached hydrogen (secondary N) is 2. The second-order valence-electron chi connectivity index (χ2n) is 5.29. The first kappa shape index (κ1) is 13.3. The van der Waals surface area contributed by atoms with Gasteiger partial charge in [0, 0.05) is 26.1 Å². The first-order valence-electron chi connectivity index (χ1n) is 6.97. The molecule has 2 unspecified atom stereocenters. The number of carbonyl (C=O) groups is 2. The summed E-state index contributed by atoms with van der Waals surface area (Å²) in [6.45, 7) is 6.19. The first-order valence-corrected chi connectivity index (χ1v) is 6.97. The summed E-state index contributed by atoms with van der Waals surface area (Å²) in [4.78, 5) is 25.4. The van der Waals surface area contributed by atoms with E-state index in [-0.39, 0.29) is 17.7 Å². The van der Waals surface area contributed by atoms with Crippen LogP contribution in [0.2, 0.25) is 0 Å². The van der Waals surface area contributed by atoms with Crippen molar-refractivity contribution in [2.45, 2.75) is 26.2 Å². The van der Waals surface area contributed by atoms with E-state index < -0.39 is 0 Å². The minimum atomic E-state index is -0.144. The average Bonchev–Trinajstić information content (AvgIpc) is 2.83. The van der Waals surface area contributed by atoms with Crippen LogP contribution in [0, 0.1) is 11.8 Å². The quantitative estimate of drug-likeness (QED) is 0.739. The zero-order valence-corrected chi connectivity index (χ0v) is 11.1. The molecule has 5 heteroatoms. The predicted molar refractivity (Wildman–Crippen MR) is 69.0 cm³/mol. The number of amides is 2. The van der Waals surface area contributed by atoms with Gasteiger partial charge in [-0.15, -0.1) is 0 Å². The summed E-state index contributed by atoms with van der Waals surface area (Å²) < 4.78 is 0. The minimum absolute atomic E-state index is 0.00346. The lowest BCUT2D eigenvalue weighted by molar-refractivity contribution is -0.136. The van der Waals surface area contributed by atoms with Crippen LogP contribution >= 0.6 is 0 Å². The van der Waals surface area contributed by atoms with Crippen LogP contribution in [0.4, 0.5) is 0 Å². The van der Waals surface area contributed by atoms with Gasteiger partial charge in [-0.3, -0.25) is 9.59 Å². The molecule has 0 aromatic carbocycles. The lowest BCUT2D eigenvalue weighted by Gasteiger charge is -2.30. The highest BCUT2D eigenvalue weighted by atomic mass is 16.2. The molecule has 2 rings (SSSR count). The molecular formula is C13H23N3O2. The van der Waals surface area contributed by atoms with E-state index in [1.54, 1.807) is 0 Å². The molecule has 102 valence electrons. The number of rotatable bonds is 4. The Labute approximate surface area is 108 Å². The summed E-state index contributed by atoms with van der Waals surface area (Å²) in [7, 11) is 0. The molecule has 2 heterocycles. The van der Waals surface area contributed by atoms with E-state index in [1.807, 2.05) is 11.8 Å². The van der Waals surface area contributed by atoms with Crippen LogP contribution in [-0.2, 0) is 9.59 Å². The van der Waals surface area contributed by atoms with E-state index >= 15 is 0 Å². The van der Waals surface area contributed by atoms with E-state index in [4.69, 9.17) is 0 Å². The molecule has 0 aliphatic carbocycles. The highest BCUT2D eigenvalue weighted by Gasteiger charge is 2.31. The normalized spacial score (nSPS) is 27.9. The molecule has 0 spiro atoms. The fourth-order valence-electron chi connectivity index (χ4n) is 2.80. The molecule has 2 aliphatic heterocycles. The largest absolute Gasteiger partial charge is 0.355 e. The molecule has 0 radical (unpaired) electrons. The molecule has 0 aromatic heterocycles. The Morgan fingerprint density at radius 1 is 1.44 bits per heavy atom. The topological polar surface area (TPSA) is 61.4 Å². The molecule has 2 saturated heterocycles. The number of piperidine rings is 1. The van der Waals surface area contributed by atoms with E-state index in [2.05, 4.69) is 10.6 Å². The third kappa shape index (κ3) is 3.22. The monoisotopic (exact) mass is 253 g/mol. The summed E-state index contributed by atoms with van der Waals surface area (Å²) >= 11 is 0. The van der Waals surface area contributed by atoms with Crippen LogP contribution < -0.4 is 10.6 Å². The summed E-state index contributed by atoms with van der Waals surface area (Å²) in [6.07, 6.45) is 2.75. The van der Waals surface area contributed by atoms with Gasteiger partial charge in [0.15, 0.2) is 0 Å². The molecular weight excluding hydrogens is 230 g/mol. The molecule has 2 atom stereocenters. The maximum Gasteiger partial charge on any atom is 0.227 e. The van der Waals surface area contributed by atoms with Crippen LogP contribution in [0.25, 0.3) is 0 Å². The van der Waals surface area contributed by atoms with Crippen molar-refractivity contribution in [1.29, 1.82) is 0 Å². The van der Waals surface area contributed by atoms with E-state index in [1.165, 1.54) is 12.8 Å². The Balaban J connectivity index is 1.86. The van der Waals surface area contributed by atoms with E-state index in [0.717, 1.165) is 26.2 Å². The molecule has 2 N–H and O–H groups in total. The molecule has 18 heavy (non-hydrogen) atoms. The molecule has 0 bridgehead atoms. The number of hydrogen-bond donors (Lipinski definition) is 2. The van der Waals surface area contributed by atoms with Crippen molar-refractivity contribution in [2.75, 3.05) is 32.7 Å². The molecule has 2 amide bonds. The van der Waals surface area contributed by atoms with Gasteiger partial charge < -0.3 is 15.5 Å². The van der Waals surface area contributed by atoms with Crippen LogP contribution in [0.15, 0.2) is 0 Å². The third-order valence-corrected chi connectivity index (χ3v) is 3.90. The maximum atomic E-state index is 12.3. The smallest absolute Gasteiger partial charge is 0.227 e. The van der Waals surface area contributed by atoms with Crippen molar-refractivity contribution < 1.29 is 9.59 Å². The molecule has 0 saturated carbocycles. The lowest BCUT2D eigenvalue weighted by Crippen LogP contribution is -2.43. The predicted octanol–water partition coefficient (Wildman–Crippen LogP) is -0.0294. The van der Waals surface area contributed by atoms with Crippen LogP contribution in [-0.4, -0.2) is 49.4 Å². The van der Waals surface area contributed by atoms with Gasteiger partial charge in [-0.2, -0.15) is 0 Å². The zero-order chi connectivity index (χ0) is 13.0. The number of carbonyl (C=O) groups excluding carboxylic acids is 2. The van der Waals surface area contributed by atoms with Gasteiger partial charge in [-0.05, 0) is 38.8 Å². The highest BCUT2D eigenvalue weighted by molar-refractivity contribution is 5.89. The Morgan fingerprint density at radius 3 is 2.83 bits per heavy atom. The van der Waals surface area contributed by atoms with E-state index in [0.29, 0.717) is 18.9 Å². The van der Waals surface area contributed by atoms with Crippen molar-refractivity contribution in [1.82, 2.24) is 15.5 Å². The summed E-state index contributed by atoms with van der Waals surface area (Å²) in [6, 6.07) is 0. The summed E-state index contributed by atoms with van der Waals surface area (Å²) in [5, 5.41) is 6.11. The number of nitrogens with zero attached hydrogens (tertiary/aromatic N) is 1. The summed E-state index contributed by atoms with van der Waals surface area (Å²) in [5.74, 6) is 0.562. The molecule has 2 aliphatic rings. The minimum Gasteiger partial charge on any atom is -0.355 e. The maximum absolute atomic E-state index is 12.3. The molecule has 5 nitrogen and oxygen atoms in total. The second-order valence-corrected chi connectivity index (χ2v) is 5.29. The SMILES string of the molecule is CCN(CC1CCCNC1)C(=O)C1CNC(=O)C1. The highest BCUT2D eigenvalue weighted by Crippen LogP contribution is 2.16. The van der Waals surface area contributed by atoms with Crippen LogP contribution in [0.5, 0.6) is 0 Å². The standard InChI is InChI=1S/C13H23N3O2/c1-2-16(9-10-4-3-5-14-7-10)13(18)11-6-12(17)15-8-11/h10-11,14H,2-9H2,1H3,(H,15,17). The average molecular weight is 253 g/mol. The van der Waals surface area contributed by atoms with Crippen molar-refractivity contribution in [3.63, 3.8) is 0 Å². The fourth-order valence-corrected chi connectivity index (χ4v) is 2.80. The summed E-state index contributed by atoms with van der Waals surface area (Å²) in [5.41, 5.74) is 0. The van der Waals surface area contributed by atoms with Crippen LogP contribution in [0.3, 0.4) is 0 Å². The van der Waals surface area contributed by atoms with Gasteiger partial charge in [-0.25, -0.2) is 0 Å². The fraction of sp³-hybridized carbons (Fsp3) is 0.846. The third-order valence-electron chi connectivity index (χ3n) is 3.90. The first-order chi connectivity index (χ1) is 8.70. The van der Waals surface area contributed by atoms with Crippen molar-refractivity contribution in [3.8, 4) is 0 Å². The van der Waals surface area contributed by atoms with E-state index in [9.17, 15) is 9.59 Å². The Morgan fingerprint density at radius 2 is 2.28 bits per heavy atom. The van der Waals surface area contributed by atoms with Crippen LogP contribution in [0.1, 0.15) is 26.2 Å². The van der Waals surface area contributed by atoms with Gasteiger partial charge in [0.25, 0.3) is 0 Å². The number of hydrogen-bond acceptors (Lipinski definition) is 3. The van der Waals surface area contributed by atoms with Crippen molar-refractivity contribution in [3.05, 3.63) is 0 Å². The second kappa shape index (κ2) is 6.18. The molecule has 2 fully saturated rings. The zero-order valence-electron chi connectivity index (χ0n) is 11.1. The Hall–Kier alpha value is -1.10. The van der Waals surface area contributed by atoms with Crippen molar-refractivity contribution in [2.24, 2.45) is 11.8 Å². The van der Waals surface area contributed by atoms with Gasteiger partial charge in [0.1, 0.15) is 0 Å². The van der Waals surface area contributed by atoms with Gasteiger partial charge >= 0.3 is 0 Å². The Kier molecular flexibility index (Phi) is 4.58.